The number of anilines is 2. The van der Waals surface area contributed by atoms with E-state index < -0.39 is 0 Å². The van der Waals surface area contributed by atoms with E-state index in [0.717, 1.165) is 103 Å². The van der Waals surface area contributed by atoms with Crippen molar-refractivity contribution in [3.63, 3.8) is 0 Å². The van der Waals surface area contributed by atoms with Gasteiger partial charge in [0.1, 0.15) is 0 Å². The van der Waals surface area contributed by atoms with Crippen LogP contribution >= 0.6 is 0 Å². The van der Waals surface area contributed by atoms with Crippen molar-refractivity contribution in [2.45, 2.75) is 141 Å². The van der Waals surface area contributed by atoms with Gasteiger partial charge >= 0.3 is 0 Å². The molecule has 0 saturated heterocycles. The SMILES string of the molecule is Cc1cc2c(cc1C#N)c(-c1cccc3c1C=CC(C)(C)N3)cn2C1CCC(O)CC1.Cc1cc2c(cc1C#N)c(-c1cccc3c1CCC(C)(C)N3)cn2C1CCC(O)CC1. The molecule has 4 heterocycles. The molecule has 10 rings (SSSR count). The van der Waals surface area contributed by atoms with Gasteiger partial charge in [0.2, 0.25) is 0 Å². The molecular formula is C54H60N6O2. The topological polar surface area (TPSA) is 122 Å². The van der Waals surface area contributed by atoms with Crippen molar-refractivity contribution >= 4 is 39.3 Å². The summed E-state index contributed by atoms with van der Waals surface area (Å²) in [5.41, 5.74) is 15.7. The van der Waals surface area contributed by atoms with Crippen LogP contribution in [0.25, 0.3) is 50.1 Å². The minimum Gasteiger partial charge on any atom is -0.393 e. The van der Waals surface area contributed by atoms with Crippen LogP contribution in [0.2, 0.25) is 0 Å². The van der Waals surface area contributed by atoms with Gasteiger partial charge in [0.05, 0.1) is 41.0 Å². The third-order valence-electron chi connectivity index (χ3n) is 14.2. The maximum absolute atomic E-state index is 10.0. The lowest BCUT2D eigenvalue weighted by Gasteiger charge is -2.34. The third-order valence-corrected chi connectivity index (χ3v) is 14.2. The molecule has 8 nitrogen and oxygen atoms in total. The second kappa shape index (κ2) is 16.2. The average Bonchev–Trinajstić information content (AvgIpc) is 3.80. The molecule has 2 aliphatic carbocycles. The smallest absolute Gasteiger partial charge is 0.0994 e. The maximum atomic E-state index is 10.0. The van der Waals surface area contributed by atoms with Crippen LogP contribution in [0.5, 0.6) is 0 Å². The van der Waals surface area contributed by atoms with Gasteiger partial charge in [0, 0.05) is 79.9 Å². The fourth-order valence-corrected chi connectivity index (χ4v) is 10.6. The number of aliphatic hydroxyl groups is 2. The lowest BCUT2D eigenvalue weighted by atomic mass is 9.85. The number of benzene rings is 4. The van der Waals surface area contributed by atoms with Crippen molar-refractivity contribution in [3.05, 3.63) is 113 Å². The first-order valence-electron chi connectivity index (χ1n) is 22.7. The number of aliphatic hydroxyl groups excluding tert-OH is 2. The molecule has 0 bridgehead atoms. The van der Waals surface area contributed by atoms with E-state index in [1.54, 1.807) is 0 Å². The van der Waals surface area contributed by atoms with E-state index in [1.165, 1.54) is 50.1 Å². The zero-order valence-corrected chi connectivity index (χ0v) is 37.1. The zero-order chi connectivity index (χ0) is 43.5. The number of aromatic nitrogens is 2. The second-order valence-corrected chi connectivity index (χ2v) is 19.7. The lowest BCUT2D eigenvalue weighted by Crippen LogP contribution is -2.35. The molecule has 0 radical (unpaired) electrons. The van der Waals surface area contributed by atoms with Crippen LogP contribution in [-0.2, 0) is 6.42 Å². The normalized spacial score (nSPS) is 22.3. The Morgan fingerprint density at radius 2 is 1.13 bits per heavy atom. The standard InChI is InChI=1S/C27H31N3O.C27H29N3O/c2*1-17-13-26-23(14-18(17)15-28)24(16-30(26)19-7-9-20(31)10-8-19)21-5-4-6-25-22(21)11-12-27(2,3)29-25/h4-6,13-14,16,19-20,29,31H,7-12H2,1-3H3;4-6,11-14,16,19-20,29,31H,7-10H2,1-3H3. The Bertz CT molecular complexity index is 2810. The van der Waals surface area contributed by atoms with Gasteiger partial charge in [-0.1, -0.05) is 36.4 Å². The minimum absolute atomic E-state index is 0.0757. The fourth-order valence-electron chi connectivity index (χ4n) is 10.6. The molecule has 8 heteroatoms. The molecule has 4 N–H and O–H groups in total. The van der Waals surface area contributed by atoms with E-state index in [0.29, 0.717) is 12.1 Å². The van der Waals surface area contributed by atoms with Gasteiger partial charge < -0.3 is 30.0 Å². The molecule has 0 atom stereocenters. The molecule has 0 unspecified atom stereocenters. The Balaban J connectivity index is 0.000000158. The highest BCUT2D eigenvalue weighted by Crippen LogP contribution is 2.45. The first-order valence-corrected chi connectivity index (χ1v) is 22.7. The van der Waals surface area contributed by atoms with Gasteiger partial charge in [-0.25, -0.2) is 0 Å². The average molecular weight is 825 g/mol. The Morgan fingerprint density at radius 3 is 1.66 bits per heavy atom. The van der Waals surface area contributed by atoms with E-state index in [2.05, 4.69) is 145 Å². The first-order chi connectivity index (χ1) is 29.7. The Labute approximate surface area is 366 Å². The number of rotatable bonds is 4. The van der Waals surface area contributed by atoms with Crippen LogP contribution < -0.4 is 10.6 Å². The van der Waals surface area contributed by atoms with Crippen molar-refractivity contribution in [2.24, 2.45) is 0 Å². The predicted molar refractivity (Wildman–Crippen MR) is 253 cm³/mol. The molecule has 6 aromatic rings. The minimum atomic E-state index is -0.176. The molecule has 4 aromatic carbocycles. The van der Waals surface area contributed by atoms with E-state index in [9.17, 15) is 20.7 Å². The van der Waals surface area contributed by atoms with Crippen LogP contribution in [0.1, 0.15) is 131 Å². The van der Waals surface area contributed by atoms with Crippen molar-refractivity contribution in [1.29, 1.82) is 10.5 Å². The van der Waals surface area contributed by atoms with Crippen LogP contribution in [0.4, 0.5) is 11.4 Å². The first kappa shape index (κ1) is 41.5. The summed E-state index contributed by atoms with van der Waals surface area (Å²) in [4.78, 5) is 0. The number of fused-ring (bicyclic) bond motifs is 4. The number of nitriles is 2. The summed E-state index contributed by atoms with van der Waals surface area (Å²) in [5.74, 6) is 0. The highest BCUT2D eigenvalue weighted by Gasteiger charge is 2.30. The summed E-state index contributed by atoms with van der Waals surface area (Å²) < 4.78 is 4.82. The van der Waals surface area contributed by atoms with E-state index in [1.807, 2.05) is 13.8 Å². The zero-order valence-electron chi connectivity index (χ0n) is 37.1. The molecule has 2 fully saturated rings. The van der Waals surface area contributed by atoms with Crippen LogP contribution in [-0.4, -0.2) is 42.6 Å². The van der Waals surface area contributed by atoms with Gasteiger partial charge in [-0.05, 0) is 170 Å². The predicted octanol–water partition coefficient (Wildman–Crippen LogP) is 12.3. The molecular weight excluding hydrogens is 765 g/mol. The van der Waals surface area contributed by atoms with E-state index >= 15 is 0 Å². The number of hydrogen-bond donors (Lipinski definition) is 4. The van der Waals surface area contributed by atoms with Gasteiger partial charge in [-0.3, -0.25) is 0 Å². The molecule has 2 aliphatic heterocycles. The van der Waals surface area contributed by atoms with Crippen LogP contribution in [0, 0.1) is 36.5 Å². The van der Waals surface area contributed by atoms with Crippen molar-refractivity contribution < 1.29 is 10.2 Å². The summed E-state index contributed by atoms with van der Waals surface area (Å²) in [7, 11) is 0. The van der Waals surface area contributed by atoms with Crippen molar-refractivity contribution in [2.75, 3.05) is 10.6 Å². The Morgan fingerprint density at radius 1 is 0.629 bits per heavy atom. The second-order valence-electron chi connectivity index (χ2n) is 19.7. The summed E-state index contributed by atoms with van der Waals surface area (Å²) >= 11 is 0. The monoisotopic (exact) mass is 824 g/mol. The molecule has 2 saturated carbocycles. The Hall–Kier alpha value is -5.80. The molecule has 0 amide bonds. The molecule has 62 heavy (non-hydrogen) atoms. The largest absolute Gasteiger partial charge is 0.393 e. The van der Waals surface area contributed by atoms with Gasteiger partial charge in [0.15, 0.2) is 0 Å². The van der Waals surface area contributed by atoms with Crippen molar-refractivity contribution in [3.8, 4) is 34.4 Å². The summed E-state index contributed by atoms with van der Waals surface area (Å²) in [6.45, 7) is 12.9. The van der Waals surface area contributed by atoms with E-state index in [-0.39, 0.29) is 23.3 Å². The quantitative estimate of drug-likeness (QED) is 0.140. The number of aryl methyl sites for hydroxylation is 2. The van der Waals surface area contributed by atoms with Gasteiger partial charge in [-0.15, -0.1) is 0 Å². The lowest BCUT2D eigenvalue weighted by molar-refractivity contribution is 0.111. The number of hydrogen-bond acceptors (Lipinski definition) is 6. The molecule has 4 aliphatic rings. The summed E-state index contributed by atoms with van der Waals surface area (Å²) in [6.07, 6.45) is 18.2. The number of nitrogens with zero attached hydrogens (tertiary/aromatic N) is 4. The maximum Gasteiger partial charge on any atom is 0.0994 e. The van der Waals surface area contributed by atoms with E-state index in [4.69, 9.17) is 0 Å². The van der Waals surface area contributed by atoms with Gasteiger partial charge in [0.25, 0.3) is 0 Å². The fraction of sp³-hybridized carbons (Fsp3) is 0.407. The summed E-state index contributed by atoms with van der Waals surface area (Å²) in [6, 6.07) is 27.0. The molecule has 2 aromatic heterocycles. The third kappa shape index (κ3) is 7.80. The highest BCUT2D eigenvalue weighted by atomic mass is 16.3. The molecule has 318 valence electrons. The molecule has 0 spiro atoms. The Kier molecular flexibility index (Phi) is 10.8. The summed E-state index contributed by atoms with van der Waals surface area (Å²) in [5, 5.41) is 49.0. The number of nitrogens with one attached hydrogen (secondary N) is 2. The highest BCUT2D eigenvalue weighted by molar-refractivity contribution is 6.01. The van der Waals surface area contributed by atoms with Gasteiger partial charge in [-0.2, -0.15) is 10.5 Å². The van der Waals surface area contributed by atoms with Crippen molar-refractivity contribution in [1.82, 2.24) is 9.13 Å². The van der Waals surface area contributed by atoms with Crippen LogP contribution in [0.15, 0.2) is 79.1 Å². The van der Waals surface area contributed by atoms with Crippen LogP contribution in [0.3, 0.4) is 0 Å².